The minimum Gasteiger partial charge on any atom is -0.341 e. The van der Waals surface area contributed by atoms with Crippen molar-refractivity contribution in [3.63, 3.8) is 0 Å². The van der Waals surface area contributed by atoms with E-state index in [1.165, 1.54) is 6.42 Å². The summed E-state index contributed by atoms with van der Waals surface area (Å²) in [6, 6.07) is 0. The molecule has 3 heteroatoms. The van der Waals surface area contributed by atoms with Gasteiger partial charge in [-0.1, -0.05) is 13.8 Å². The second kappa shape index (κ2) is 3.54. The van der Waals surface area contributed by atoms with Crippen LogP contribution in [0.25, 0.3) is 0 Å². The number of rotatable bonds is 2. The zero-order chi connectivity index (χ0) is 10.2. The van der Waals surface area contributed by atoms with Gasteiger partial charge in [-0.3, -0.25) is 4.79 Å². The number of nitrogens with zero attached hydrogens (tertiary/aromatic N) is 1. The van der Waals surface area contributed by atoms with E-state index in [-0.39, 0.29) is 0 Å². The summed E-state index contributed by atoms with van der Waals surface area (Å²) in [6.07, 6.45) is 1.96. The van der Waals surface area contributed by atoms with Crippen LogP contribution in [0.15, 0.2) is 0 Å². The van der Waals surface area contributed by atoms with Crippen molar-refractivity contribution < 1.29 is 4.79 Å². The summed E-state index contributed by atoms with van der Waals surface area (Å²) < 4.78 is 0. The van der Waals surface area contributed by atoms with Crippen molar-refractivity contribution in [3.05, 3.63) is 0 Å². The highest BCUT2D eigenvalue weighted by atomic mass is 16.2. The second-order valence-electron chi connectivity index (χ2n) is 5.27. The van der Waals surface area contributed by atoms with Gasteiger partial charge in [0.15, 0.2) is 0 Å². The first-order valence-electron chi connectivity index (χ1n) is 5.60. The summed E-state index contributed by atoms with van der Waals surface area (Å²) >= 11 is 0. The Bertz CT molecular complexity index is 223. The molecule has 14 heavy (non-hydrogen) atoms. The van der Waals surface area contributed by atoms with E-state index in [0.29, 0.717) is 23.7 Å². The quantitative estimate of drug-likeness (QED) is 0.710. The van der Waals surface area contributed by atoms with Crippen LogP contribution < -0.4 is 5.32 Å². The maximum atomic E-state index is 11.7. The van der Waals surface area contributed by atoms with Gasteiger partial charge in [-0.2, -0.15) is 0 Å². The maximum Gasteiger partial charge on any atom is 0.222 e. The summed E-state index contributed by atoms with van der Waals surface area (Å²) in [6.45, 7) is 8.43. The van der Waals surface area contributed by atoms with Crippen molar-refractivity contribution in [2.75, 3.05) is 26.2 Å². The van der Waals surface area contributed by atoms with E-state index in [1.807, 2.05) is 4.90 Å². The number of amides is 1. The van der Waals surface area contributed by atoms with Gasteiger partial charge in [0.05, 0.1) is 0 Å². The minimum absolute atomic E-state index is 0.345. The largest absolute Gasteiger partial charge is 0.341 e. The standard InChI is InChI=1S/C11H20N2O/c1-9(2)5-10(14)13-7-11(8-13)3-4-12-6-11/h9,12H,3-8H2,1-2H3. The highest BCUT2D eigenvalue weighted by molar-refractivity contribution is 5.77. The molecular weight excluding hydrogens is 176 g/mol. The van der Waals surface area contributed by atoms with E-state index in [2.05, 4.69) is 19.2 Å². The molecule has 2 fully saturated rings. The number of hydrogen-bond donors (Lipinski definition) is 1. The van der Waals surface area contributed by atoms with Gasteiger partial charge in [-0.05, 0) is 18.9 Å². The first-order chi connectivity index (χ1) is 6.61. The zero-order valence-electron chi connectivity index (χ0n) is 9.18. The van der Waals surface area contributed by atoms with Gasteiger partial charge < -0.3 is 10.2 Å². The molecule has 1 spiro atoms. The predicted octanol–water partition coefficient (Wildman–Crippen LogP) is 0.854. The van der Waals surface area contributed by atoms with Crippen LogP contribution >= 0.6 is 0 Å². The molecule has 0 atom stereocenters. The molecule has 0 aromatic carbocycles. The lowest BCUT2D eigenvalue weighted by atomic mass is 9.79. The molecule has 2 aliphatic rings. The number of carbonyl (C=O) groups excluding carboxylic acids is 1. The Balaban J connectivity index is 1.79. The molecule has 1 amide bonds. The van der Waals surface area contributed by atoms with Crippen molar-refractivity contribution >= 4 is 5.91 Å². The third kappa shape index (κ3) is 1.78. The summed E-state index contributed by atoms with van der Waals surface area (Å²) in [4.78, 5) is 13.7. The van der Waals surface area contributed by atoms with E-state index in [0.717, 1.165) is 26.2 Å². The molecule has 2 saturated heterocycles. The normalized spacial score (nSPS) is 24.4. The van der Waals surface area contributed by atoms with Crippen LogP contribution in [0.3, 0.4) is 0 Å². The topological polar surface area (TPSA) is 32.3 Å². The fourth-order valence-electron chi connectivity index (χ4n) is 2.48. The van der Waals surface area contributed by atoms with Crippen molar-refractivity contribution in [3.8, 4) is 0 Å². The first-order valence-corrected chi connectivity index (χ1v) is 5.60. The van der Waals surface area contributed by atoms with Crippen LogP contribution in [0.5, 0.6) is 0 Å². The van der Waals surface area contributed by atoms with E-state index < -0.39 is 0 Å². The van der Waals surface area contributed by atoms with Crippen molar-refractivity contribution in [2.24, 2.45) is 11.3 Å². The Hall–Kier alpha value is -0.570. The van der Waals surface area contributed by atoms with E-state index in [4.69, 9.17) is 0 Å². The molecule has 0 saturated carbocycles. The van der Waals surface area contributed by atoms with Crippen molar-refractivity contribution in [2.45, 2.75) is 26.7 Å². The zero-order valence-corrected chi connectivity index (χ0v) is 9.18. The number of likely N-dealkylation sites (tertiary alicyclic amines) is 1. The smallest absolute Gasteiger partial charge is 0.222 e. The van der Waals surface area contributed by atoms with Crippen LogP contribution in [0.1, 0.15) is 26.7 Å². The van der Waals surface area contributed by atoms with Gasteiger partial charge in [-0.15, -0.1) is 0 Å². The molecule has 0 aromatic rings. The third-order valence-corrected chi connectivity index (χ3v) is 3.32. The molecule has 1 N–H and O–H groups in total. The van der Waals surface area contributed by atoms with Gasteiger partial charge in [0.2, 0.25) is 5.91 Å². The van der Waals surface area contributed by atoms with E-state index in [9.17, 15) is 4.79 Å². The molecule has 0 bridgehead atoms. The first kappa shape index (κ1) is 9.97. The molecule has 0 aliphatic carbocycles. The lowest BCUT2D eigenvalue weighted by Crippen LogP contribution is -2.59. The van der Waals surface area contributed by atoms with Crippen LogP contribution in [0.2, 0.25) is 0 Å². The Morgan fingerprint density at radius 3 is 2.71 bits per heavy atom. The molecule has 0 aromatic heterocycles. The summed E-state index contributed by atoms with van der Waals surface area (Å²) in [7, 11) is 0. The Kier molecular flexibility index (Phi) is 2.52. The van der Waals surface area contributed by atoms with Crippen molar-refractivity contribution in [1.29, 1.82) is 0 Å². The molecule has 0 unspecified atom stereocenters. The maximum absolute atomic E-state index is 11.7. The number of nitrogens with one attached hydrogen (secondary N) is 1. The molecule has 2 heterocycles. The fraction of sp³-hybridized carbons (Fsp3) is 0.909. The third-order valence-electron chi connectivity index (χ3n) is 3.32. The van der Waals surface area contributed by atoms with Crippen molar-refractivity contribution in [1.82, 2.24) is 10.2 Å². The van der Waals surface area contributed by atoms with Gasteiger partial charge >= 0.3 is 0 Å². The van der Waals surface area contributed by atoms with Gasteiger partial charge in [0, 0.05) is 31.5 Å². The van der Waals surface area contributed by atoms with Gasteiger partial charge in [0.25, 0.3) is 0 Å². The average Bonchev–Trinajstić information content (AvgIpc) is 2.47. The van der Waals surface area contributed by atoms with Crippen LogP contribution in [0, 0.1) is 11.3 Å². The Labute approximate surface area is 85.8 Å². The molecule has 3 nitrogen and oxygen atoms in total. The average molecular weight is 196 g/mol. The van der Waals surface area contributed by atoms with Crippen LogP contribution in [-0.2, 0) is 4.79 Å². The van der Waals surface area contributed by atoms with E-state index >= 15 is 0 Å². The molecule has 0 radical (unpaired) electrons. The summed E-state index contributed by atoms with van der Waals surface area (Å²) in [5.41, 5.74) is 0.451. The second-order valence-corrected chi connectivity index (χ2v) is 5.27. The van der Waals surface area contributed by atoms with Crippen LogP contribution in [-0.4, -0.2) is 37.0 Å². The minimum atomic E-state index is 0.345. The molecule has 2 rings (SSSR count). The predicted molar refractivity (Wildman–Crippen MR) is 56.0 cm³/mol. The molecular formula is C11H20N2O. The summed E-state index contributed by atoms with van der Waals surface area (Å²) in [5.74, 6) is 0.832. The summed E-state index contributed by atoms with van der Waals surface area (Å²) in [5, 5.41) is 3.38. The van der Waals surface area contributed by atoms with E-state index in [1.54, 1.807) is 0 Å². The monoisotopic (exact) mass is 196 g/mol. The molecule has 2 aliphatic heterocycles. The number of carbonyl (C=O) groups is 1. The lowest BCUT2D eigenvalue weighted by Gasteiger charge is -2.48. The highest BCUT2D eigenvalue weighted by Gasteiger charge is 2.46. The van der Waals surface area contributed by atoms with Gasteiger partial charge in [0.1, 0.15) is 0 Å². The fourth-order valence-corrected chi connectivity index (χ4v) is 2.48. The lowest BCUT2D eigenvalue weighted by molar-refractivity contribution is -0.143. The van der Waals surface area contributed by atoms with Crippen LogP contribution in [0.4, 0.5) is 0 Å². The highest BCUT2D eigenvalue weighted by Crippen LogP contribution is 2.36. The number of hydrogen-bond acceptors (Lipinski definition) is 2. The van der Waals surface area contributed by atoms with Gasteiger partial charge in [-0.25, -0.2) is 0 Å². The Morgan fingerprint density at radius 1 is 1.50 bits per heavy atom. The molecule has 80 valence electrons. The Morgan fingerprint density at radius 2 is 2.21 bits per heavy atom. The SMILES string of the molecule is CC(C)CC(=O)N1CC2(CCNC2)C1.